The summed E-state index contributed by atoms with van der Waals surface area (Å²) in [6, 6.07) is 18.4. The third-order valence-corrected chi connectivity index (χ3v) is 7.90. The van der Waals surface area contributed by atoms with Crippen molar-refractivity contribution in [2.75, 3.05) is 5.32 Å². The van der Waals surface area contributed by atoms with E-state index in [2.05, 4.69) is 16.4 Å². The van der Waals surface area contributed by atoms with E-state index in [4.69, 9.17) is 14.0 Å². The first-order valence-electron chi connectivity index (χ1n) is 10.6. The number of thiazole rings is 1. The van der Waals surface area contributed by atoms with Crippen LogP contribution in [0.5, 0.6) is 0 Å². The minimum atomic E-state index is -3.80. The first-order chi connectivity index (χ1) is 17.8. The van der Waals surface area contributed by atoms with E-state index in [1.54, 1.807) is 42.5 Å². The Balaban J connectivity index is 1.46. The summed E-state index contributed by atoms with van der Waals surface area (Å²) in [7, 11) is -3.80. The van der Waals surface area contributed by atoms with E-state index in [1.165, 1.54) is 29.7 Å². The van der Waals surface area contributed by atoms with Crippen LogP contribution in [0.25, 0.3) is 33.5 Å². The Morgan fingerprint density at radius 3 is 2.57 bits per heavy atom. The molecule has 1 amide bonds. The Morgan fingerprint density at radius 1 is 1.11 bits per heavy atom. The Morgan fingerprint density at radius 2 is 1.92 bits per heavy atom. The van der Waals surface area contributed by atoms with E-state index in [0.29, 0.717) is 32.8 Å². The second kappa shape index (κ2) is 10.00. The standard InChI is InChI=1S/C25H16N4O5S3/c26-14-16(13-17-7-10-19(34-17)15-5-8-18(9-6-15)37(27,31)32)24-28-22(21-4-2-12-35-21)25(36-24)29-23(30)20-3-1-11-33-20/h1-13H,(H,29,30)(H2,27,31,32). The Kier molecular flexibility index (Phi) is 6.60. The highest BCUT2D eigenvalue weighted by atomic mass is 32.2. The summed E-state index contributed by atoms with van der Waals surface area (Å²) in [4.78, 5) is 18.1. The van der Waals surface area contributed by atoms with Crippen LogP contribution in [0.4, 0.5) is 5.00 Å². The molecule has 0 atom stereocenters. The first-order valence-corrected chi connectivity index (χ1v) is 13.8. The normalized spacial score (nSPS) is 11.8. The summed E-state index contributed by atoms with van der Waals surface area (Å²) in [5.74, 6) is 0.610. The van der Waals surface area contributed by atoms with Crippen LogP contribution in [0, 0.1) is 11.3 Å². The summed E-state index contributed by atoms with van der Waals surface area (Å²) in [5.41, 5.74) is 1.43. The second-order valence-electron chi connectivity index (χ2n) is 7.55. The maximum Gasteiger partial charge on any atom is 0.292 e. The third-order valence-electron chi connectivity index (χ3n) is 5.09. The highest BCUT2D eigenvalue weighted by Crippen LogP contribution is 2.39. The minimum Gasteiger partial charge on any atom is -0.459 e. The summed E-state index contributed by atoms with van der Waals surface area (Å²) < 4.78 is 34.0. The van der Waals surface area contributed by atoms with Crippen molar-refractivity contribution in [2.45, 2.75) is 4.90 Å². The van der Waals surface area contributed by atoms with Crippen LogP contribution < -0.4 is 10.5 Å². The molecule has 5 aromatic rings. The molecule has 0 aliphatic heterocycles. The predicted molar refractivity (Wildman–Crippen MR) is 141 cm³/mol. The molecule has 3 N–H and O–H groups in total. The maximum atomic E-state index is 12.6. The molecule has 0 fully saturated rings. The molecule has 12 heteroatoms. The molecule has 0 unspecified atom stereocenters. The van der Waals surface area contributed by atoms with Crippen LogP contribution in [-0.2, 0) is 10.0 Å². The topological polar surface area (TPSA) is 152 Å². The largest absolute Gasteiger partial charge is 0.459 e. The molecular formula is C25H16N4O5S3. The van der Waals surface area contributed by atoms with Crippen molar-refractivity contribution in [1.82, 2.24) is 4.98 Å². The molecule has 4 aromatic heterocycles. The zero-order valence-electron chi connectivity index (χ0n) is 18.7. The van der Waals surface area contributed by atoms with Gasteiger partial charge in [0.15, 0.2) is 5.76 Å². The molecule has 184 valence electrons. The van der Waals surface area contributed by atoms with E-state index in [9.17, 15) is 18.5 Å². The number of nitrogens with one attached hydrogen (secondary N) is 1. The molecule has 0 aliphatic rings. The van der Waals surface area contributed by atoms with Crippen molar-refractivity contribution < 1.29 is 22.0 Å². The Bertz CT molecular complexity index is 1740. The number of hydrogen-bond donors (Lipinski definition) is 2. The van der Waals surface area contributed by atoms with Crippen molar-refractivity contribution in [2.24, 2.45) is 5.14 Å². The average Bonchev–Trinajstić information content (AvgIpc) is 3.68. The van der Waals surface area contributed by atoms with E-state index in [-0.39, 0.29) is 16.2 Å². The quantitative estimate of drug-likeness (QED) is 0.248. The third kappa shape index (κ3) is 5.30. The highest BCUT2D eigenvalue weighted by Gasteiger charge is 2.20. The van der Waals surface area contributed by atoms with Crippen LogP contribution in [0.1, 0.15) is 21.3 Å². The molecule has 0 aliphatic carbocycles. The van der Waals surface area contributed by atoms with Gasteiger partial charge in [-0.25, -0.2) is 18.5 Å². The SMILES string of the molecule is N#CC(=Cc1ccc(-c2ccc(S(N)(=O)=O)cc2)o1)c1nc(-c2cccs2)c(NC(=O)c2ccco2)s1. The molecule has 9 nitrogen and oxygen atoms in total. The second-order valence-corrected chi connectivity index (χ2v) is 11.1. The van der Waals surface area contributed by atoms with Crippen LogP contribution >= 0.6 is 22.7 Å². The number of nitriles is 1. The van der Waals surface area contributed by atoms with Crippen molar-refractivity contribution >= 4 is 55.3 Å². The van der Waals surface area contributed by atoms with Gasteiger partial charge in [-0.15, -0.1) is 11.3 Å². The molecule has 0 radical (unpaired) electrons. The van der Waals surface area contributed by atoms with E-state index in [0.717, 1.165) is 16.2 Å². The van der Waals surface area contributed by atoms with E-state index in [1.807, 2.05) is 17.5 Å². The Labute approximate surface area is 219 Å². The van der Waals surface area contributed by atoms with Crippen molar-refractivity contribution in [1.29, 1.82) is 5.26 Å². The molecular weight excluding hydrogens is 532 g/mol. The number of nitrogens with zero attached hydrogens (tertiary/aromatic N) is 2. The van der Waals surface area contributed by atoms with Gasteiger partial charge in [0.25, 0.3) is 5.91 Å². The Hall–Kier alpha value is -4.28. The van der Waals surface area contributed by atoms with Gasteiger partial charge >= 0.3 is 0 Å². The fraction of sp³-hybridized carbons (Fsp3) is 0. The van der Waals surface area contributed by atoms with Gasteiger partial charge < -0.3 is 14.2 Å². The highest BCUT2D eigenvalue weighted by molar-refractivity contribution is 7.89. The summed E-state index contributed by atoms with van der Waals surface area (Å²) in [6.45, 7) is 0. The number of benzene rings is 1. The first kappa shape index (κ1) is 24.4. The number of primary sulfonamides is 1. The molecule has 37 heavy (non-hydrogen) atoms. The van der Waals surface area contributed by atoms with Crippen molar-refractivity contribution in [3.8, 4) is 28.0 Å². The number of furan rings is 2. The number of carbonyl (C=O) groups is 1. The number of allylic oxidation sites excluding steroid dienone is 1. The summed E-state index contributed by atoms with van der Waals surface area (Å²) >= 11 is 2.62. The van der Waals surface area contributed by atoms with Gasteiger partial charge in [-0.05, 0) is 60.0 Å². The van der Waals surface area contributed by atoms with E-state index >= 15 is 0 Å². The number of anilines is 1. The van der Waals surface area contributed by atoms with Gasteiger partial charge in [0.2, 0.25) is 10.0 Å². The molecule has 4 heterocycles. The van der Waals surface area contributed by atoms with Gasteiger partial charge in [-0.1, -0.05) is 17.4 Å². The number of aromatic nitrogens is 1. The molecule has 0 saturated carbocycles. The lowest BCUT2D eigenvalue weighted by atomic mass is 10.2. The van der Waals surface area contributed by atoms with Gasteiger partial charge in [0.1, 0.15) is 33.3 Å². The zero-order valence-corrected chi connectivity index (χ0v) is 21.2. The number of hydrogen-bond acceptors (Lipinski definition) is 9. The molecule has 0 saturated heterocycles. The lowest BCUT2D eigenvalue weighted by Gasteiger charge is -2.01. The number of sulfonamides is 1. The van der Waals surface area contributed by atoms with Crippen LogP contribution in [0.2, 0.25) is 0 Å². The zero-order chi connectivity index (χ0) is 26.0. The number of thiophene rings is 1. The van der Waals surface area contributed by atoms with Crippen molar-refractivity contribution in [3.05, 3.63) is 88.8 Å². The number of rotatable bonds is 7. The van der Waals surface area contributed by atoms with Crippen LogP contribution in [-0.4, -0.2) is 19.3 Å². The average molecular weight is 549 g/mol. The van der Waals surface area contributed by atoms with E-state index < -0.39 is 15.9 Å². The summed E-state index contributed by atoms with van der Waals surface area (Å²) in [6.07, 6.45) is 2.97. The number of amides is 1. The molecule has 0 spiro atoms. The van der Waals surface area contributed by atoms with Gasteiger partial charge in [-0.2, -0.15) is 5.26 Å². The maximum absolute atomic E-state index is 12.6. The molecule has 0 bridgehead atoms. The lowest BCUT2D eigenvalue weighted by molar-refractivity contribution is 0.0997. The molecule has 5 rings (SSSR count). The van der Waals surface area contributed by atoms with Gasteiger partial charge in [-0.3, -0.25) is 4.79 Å². The number of nitrogens with two attached hydrogens (primary N) is 1. The van der Waals surface area contributed by atoms with Crippen molar-refractivity contribution in [3.63, 3.8) is 0 Å². The fourth-order valence-electron chi connectivity index (χ4n) is 3.35. The smallest absolute Gasteiger partial charge is 0.292 e. The predicted octanol–water partition coefficient (Wildman–Crippen LogP) is 5.69. The van der Waals surface area contributed by atoms with Gasteiger partial charge in [0, 0.05) is 11.6 Å². The fourth-order valence-corrected chi connectivity index (χ4v) is 5.59. The number of carbonyl (C=O) groups excluding carboxylic acids is 1. The van der Waals surface area contributed by atoms with Crippen LogP contribution in [0.3, 0.4) is 0 Å². The summed E-state index contributed by atoms with van der Waals surface area (Å²) in [5, 5.41) is 20.6. The van der Waals surface area contributed by atoms with Gasteiger partial charge in [0.05, 0.1) is 21.6 Å². The minimum absolute atomic E-state index is 0.00468. The lowest BCUT2D eigenvalue weighted by Crippen LogP contribution is -2.11. The molecule has 1 aromatic carbocycles. The monoisotopic (exact) mass is 548 g/mol. The van der Waals surface area contributed by atoms with Crippen LogP contribution in [0.15, 0.2) is 86.0 Å².